The molecule has 2 aromatic carbocycles. The predicted molar refractivity (Wildman–Crippen MR) is 73.7 cm³/mol. The lowest BCUT2D eigenvalue weighted by molar-refractivity contribution is 0.266. The number of amides is 1. The fourth-order valence-electron chi connectivity index (χ4n) is 2.00. The van der Waals surface area contributed by atoms with Gasteiger partial charge >= 0.3 is 5.37 Å². The molecule has 18 heavy (non-hydrogen) atoms. The van der Waals surface area contributed by atoms with Gasteiger partial charge in [0, 0.05) is 5.48 Å². The molecule has 0 unspecified atom stereocenters. The van der Waals surface area contributed by atoms with Gasteiger partial charge in [0.1, 0.15) is 0 Å². The molecule has 90 valence electrons. The van der Waals surface area contributed by atoms with Crippen LogP contribution in [0.4, 0.5) is 16.2 Å². The highest BCUT2D eigenvalue weighted by molar-refractivity contribution is 6.67. The predicted octanol–water partition coefficient (Wildman–Crippen LogP) is 4.28. The van der Waals surface area contributed by atoms with Crippen molar-refractivity contribution in [3.63, 3.8) is 0 Å². The van der Waals surface area contributed by atoms with Gasteiger partial charge in [-0.05, 0) is 47.6 Å². The number of rotatable bonds is 0. The number of hydrogen-bond acceptors (Lipinski definition) is 1. The number of nitrogens with zero attached hydrogens (tertiary/aromatic N) is 1. The summed E-state index contributed by atoms with van der Waals surface area (Å²) in [6, 6.07) is 12.6. The minimum atomic E-state index is -2.32. The maximum absolute atomic E-state index is 11.9. The molecule has 0 fully saturated rings. The average Bonchev–Trinajstić information content (AvgIpc) is 2.52. The Labute approximate surface area is 116 Å². The number of carbonyl (C=O) groups excluding carboxylic acids is 1. The van der Waals surface area contributed by atoms with E-state index < -0.39 is 18.1 Å². The van der Waals surface area contributed by atoms with Crippen LogP contribution in [0.1, 0.15) is 16.6 Å². The number of anilines is 2. The smallest absolute Gasteiger partial charge is 0.267 e. The summed E-state index contributed by atoms with van der Waals surface area (Å²) in [7, 11) is 0. The number of aryl methyl sites for hydroxylation is 2. The Morgan fingerprint density at radius 1 is 1.00 bits per heavy atom. The van der Waals surface area contributed by atoms with E-state index in [4.69, 9.17) is 17.1 Å². The number of para-hydroxylation sites is 2. The van der Waals surface area contributed by atoms with Gasteiger partial charge in [-0.25, -0.2) is 0 Å². The van der Waals surface area contributed by atoms with Crippen molar-refractivity contribution in [2.45, 2.75) is 12.7 Å². The summed E-state index contributed by atoms with van der Waals surface area (Å²) in [4.78, 5) is 13.1. The summed E-state index contributed by atoms with van der Waals surface area (Å²) in [5.41, 5.74) is 0.679. The normalized spacial score (nSPS) is 22.4. The lowest BCUT2D eigenvalue weighted by Gasteiger charge is -2.21. The maximum Gasteiger partial charge on any atom is 0.325 e. The van der Waals surface area contributed by atoms with Gasteiger partial charge in [-0.3, -0.25) is 9.69 Å². The van der Waals surface area contributed by atoms with Gasteiger partial charge in [0.25, 0.3) is 0 Å². The Balaban J connectivity index is 2.46. The Kier molecular flexibility index (Phi) is 1.88. The highest BCUT2D eigenvalue weighted by atomic mass is 35.5. The van der Waals surface area contributed by atoms with Crippen LogP contribution < -0.4 is 4.90 Å². The van der Waals surface area contributed by atoms with Crippen LogP contribution in [0.5, 0.6) is 0 Å². The second-order valence-electron chi connectivity index (χ2n) is 3.87. The third-order valence-corrected chi connectivity index (χ3v) is 2.97. The molecule has 1 amide bonds. The maximum atomic E-state index is 11.9. The lowest BCUT2D eigenvalue weighted by atomic mass is 10.0. The minimum absolute atomic E-state index is 0.0881. The molecule has 0 aliphatic carbocycles. The zero-order chi connectivity index (χ0) is 16.1. The van der Waals surface area contributed by atoms with Gasteiger partial charge in [0.05, 0.1) is 11.4 Å². The van der Waals surface area contributed by atoms with E-state index in [-0.39, 0.29) is 22.5 Å². The molecule has 2 aromatic rings. The molecule has 0 N–H and O–H groups in total. The van der Waals surface area contributed by atoms with Crippen molar-refractivity contribution in [1.82, 2.24) is 0 Å². The third-order valence-electron chi connectivity index (χ3n) is 2.80. The van der Waals surface area contributed by atoms with Crippen LogP contribution in [0.15, 0.2) is 48.5 Å². The van der Waals surface area contributed by atoms with E-state index in [0.717, 1.165) is 4.90 Å². The van der Waals surface area contributed by atoms with Gasteiger partial charge in [0.15, 0.2) is 0 Å². The molecular formula is C15H12ClNO. The number of fused-ring (bicyclic) bond motifs is 2. The minimum Gasteiger partial charge on any atom is -0.267 e. The average molecular weight is 262 g/mol. The van der Waals surface area contributed by atoms with Crippen molar-refractivity contribution in [2.24, 2.45) is 0 Å². The van der Waals surface area contributed by atoms with Gasteiger partial charge in [-0.15, -0.1) is 0 Å². The van der Waals surface area contributed by atoms with Crippen LogP contribution in [-0.4, -0.2) is 5.37 Å². The molecule has 0 saturated heterocycles. The van der Waals surface area contributed by atoms with Gasteiger partial charge in [0.2, 0.25) is 0 Å². The summed E-state index contributed by atoms with van der Waals surface area (Å²) in [5, 5.41) is -0.812. The first kappa shape index (κ1) is 7.59. The summed E-state index contributed by atoms with van der Waals surface area (Å²) < 4.78 is 33.3. The number of halogens is 1. The number of hydrogen-bond donors (Lipinski definition) is 0. The molecule has 0 spiro atoms. The molecular weight excluding hydrogens is 246 g/mol. The number of carbonyl (C=O) groups is 1. The second kappa shape index (κ2) is 4.46. The van der Waals surface area contributed by atoms with Crippen molar-refractivity contribution in [3.8, 4) is 0 Å². The van der Waals surface area contributed by atoms with Crippen molar-refractivity contribution >= 4 is 28.3 Å². The molecule has 0 radical (unpaired) electrons. The first-order chi connectivity index (χ1) is 10.3. The summed E-state index contributed by atoms with van der Waals surface area (Å²) in [5.74, 6) is 0. The Morgan fingerprint density at radius 3 is 1.89 bits per heavy atom. The highest BCUT2D eigenvalue weighted by Crippen LogP contribution is 2.36. The first-order valence-electron chi connectivity index (χ1n) is 7.47. The van der Waals surface area contributed by atoms with E-state index in [9.17, 15) is 4.79 Å². The fourth-order valence-corrected chi connectivity index (χ4v) is 2.18. The zero-order valence-electron chi connectivity index (χ0n) is 13.4. The SMILES string of the molecule is [2H]C1([2H])c2ccccc2N(C(=O)Cl)c2ccccc2C1([2H])[2H]. The molecule has 3 heteroatoms. The van der Waals surface area contributed by atoms with Crippen molar-refractivity contribution in [1.29, 1.82) is 0 Å². The second-order valence-corrected chi connectivity index (χ2v) is 4.20. The Morgan fingerprint density at radius 2 is 1.44 bits per heavy atom. The van der Waals surface area contributed by atoms with E-state index in [1.54, 1.807) is 36.4 Å². The molecule has 0 aromatic heterocycles. The van der Waals surface area contributed by atoms with Crippen molar-refractivity contribution < 1.29 is 10.3 Å². The van der Waals surface area contributed by atoms with E-state index in [2.05, 4.69) is 0 Å². The van der Waals surface area contributed by atoms with Crippen molar-refractivity contribution in [3.05, 3.63) is 59.7 Å². The van der Waals surface area contributed by atoms with Gasteiger partial charge < -0.3 is 0 Å². The van der Waals surface area contributed by atoms with Crippen LogP contribution in [-0.2, 0) is 12.7 Å². The molecule has 1 aliphatic heterocycles. The summed E-state index contributed by atoms with van der Waals surface area (Å²) >= 11 is 5.71. The number of benzene rings is 2. The standard InChI is InChI=1S/C15H12ClNO/c16-15(18)17-13-7-3-1-5-11(13)9-10-12-6-2-4-8-14(12)17/h1-8H,9-10H2/i9D2,10D2. The molecule has 0 saturated carbocycles. The van der Waals surface area contributed by atoms with Gasteiger partial charge in [-0.1, -0.05) is 36.4 Å². The Bertz CT molecular complexity index is 705. The van der Waals surface area contributed by atoms with Crippen LogP contribution in [0.25, 0.3) is 0 Å². The van der Waals surface area contributed by atoms with E-state index in [1.807, 2.05) is 0 Å². The van der Waals surface area contributed by atoms with E-state index >= 15 is 0 Å². The molecule has 1 heterocycles. The van der Waals surface area contributed by atoms with E-state index in [0.29, 0.717) is 0 Å². The summed E-state index contributed by atoms with van der Waals surface area (Å²) in [6.07, 6.45) is -4.64. The van der Waals surface area contributed by atoms with E-state index in [1.165, 1.54) is 12.1 Å². The molecule has 1 aliphatic rings. The van der Waals surface area contributed by atoms with Crippen molar-refractivity contribution in [2.75, 3.05) is 4.90 Å². The third kappa shape index (κ3) is 1.79. The molecule has 0 atom stereocenters. The Hall–Kier alpha value is -1.80. The molecule has 3 rings (SSSR count). The largest absolute Gasteiger partial charge is 0.325 e. The van der Waals surface area contributed by atoms with Crippen LogP contribution in [0.3, 0.4) is 0 Å². The first-order valence-corrected chi connectivity index (χ1v) is 5.85. The lowest BCUT2D eigenvalue weighted by Crippen LogP contribution is -2.20. The summed E-state index contributed by atoms with van der Waals surface area (Å²) in [6.45, 7) is 0. The quantitative estimate of drug-likeness (QED) is 0.512. The molecule has 0 bridgehead atoms. The molecule has 2 nitrogen and oxygen atoms in total. The monoisotopic (exact) mass is 261 g/mol. The topological polar surface area (TPSA) is 20.3 Å². The zero-order valence-corrected chi connectivity index (χ0v) is 10.1. The van der Waals surface area contributed by atoms with Crippen LogP contribution in [0.2, 0.25) is 0 Å². The highest BCUT2D eigenvalue weighted by Gasteiger charge is 2.23. The van der Waals surface area contributed by atoms with Crippen LogP contribution in [0, 0.1) is 0 Å². The fraction of sp³-hybridized carbons (Fsp3) is 0.133. The van der Waals surface area contributed by atoms with Crippen LogP contribution >= 0.6 is 11.6 Å². The van der Waals surface area contributed by atoms with Gasteiger partial charge in [-0.2, -0.15) is 0 Å².